The van der Waals surface area contributed by atoms with E-state index in [0.717, 1.165) is 15.4 Å². The van der Waals surface area contributed by atoms with E-state index in [1.165, 1.54) is 0 Å². The topological polar surface area (TPSA) is 44.9 Å². The third kappa shape index (κ3) is 2.57. The molecule has 0 spiro atoms. The largest absolute Gasteiger partial charge is 0.361 e. The summed E-state index contributed by atoms with van der Waals surface area (Å²) in [7, 11) is 0. The summed E-state index contributed by atoms with van der Waals surface area (Å²) in [6.45, 7) is 0. The van der Waals surface area contributed by atoms with Gasteiger partial charge in [-0.25, -0.2) is 0 Å². The van der Waals surface area contributed by atoms with E-state index < -0.39 is 0 Å². The Hall–Kier alpha value is -1.78. The monoisotopic (exact) mass is 348 g/mol. The third-order valence-electron chi connectivity index (χ3n) is 2.99. The highest BCUT2D eigenvalue weighted by Crippen LogP contribution is 2.26. The Balaban J connectivity index is 1.86. The lowest BCUT2D eigenvalue weighted by Crippen LogP contribution is -2.11. The minimum Gasteiger partial charge on any atom is -0.361 e. The molecule has 0 unspecified atom stereocenters. The molecule has 3 rings (SSSR count). The van der Waals surface area contributed by atoms with Crippen LogP contribution in [0.15, 0.2) is 53.1 Å². The highest BCUT2D eigenvalue weighted by molar-refractivity contribution is 9.10. The number of hydrogen-bond acceptors (Lipinski definition) is 1. The van der Waals surface area contributed by atoms with Crippen LogP contribution in [0.2, 0.25) is 5.02 Å². The van der Waals surface area contributed by atoms with E-state index in [-0.39, 0.29) is 5.91 Å². The molecule has 5 heteroatoms. The number of benzene rings is 2. The predicted octanol–water partition coefficient (Wildman–Crippen LogP) is 4.84. The molecule has 0 aliphatic heterocycles. The van der Waals surface area contributed by atoms with Gasteiger partial charge in [-0.3, -0.25) is 4.79 Å². The van der Waals surface area contributed by atoms with Crippen LogP contribution in [0.1, 0.15) is 10.4 Å². The van der Waals surface area contributed by atoms with Gasteiger partial charge in [0.2, 0.25) is 0 Å². The smallest absolute Gasteiger partial charge is 0.255 e. The van der Waals surface area contributed by atoms with Crippen molar-refractivity contribution in [2.75, 3.05) is 5.32 Å². The van der Waals surface area contributed by atoms with E-state index in [1.54, 1.807) is 24.3 Å². The molecular formula is C15H10BrClN2O. The lowest BCUT2D eigenvalue weighted by molar-refractivity contribution is 0.102. The molecule has 1 aromatic heterocycles. The van der Waals surface area contributed by atoms with Crippen molar-refractivity contribution in [3.05, 3.63) is 63.7 Å². The fourth-order valence-electron chi connectivity index (χ4n) is 1.97. The maximum absolute atomic E-state index is 12.2. The third-order valence-corrected chi connectivity index (χ3v) is 4.21. The minimum absolute atomic E-state index is 0.151. The van der Waals surface area contributed by atoms with Gasteiger partial charge in [-0.2, -0.15) is 0 Å². The zero-order valence-electron chi connectivity index (χ0n) is 10.3. The average Bonchev–Trinajstić information content (AvgIpc) is 2.90. The van der Waals surface area contributed by atoms with Crippen LogP contribution in [-0.4, -0.2) is 10.9 Å². The number of carbonyl (C=O) groups is 1. The molecule has 0 bridgehead atoms. The van der Waals surface area contributed by atoms with Crippen LogP contribution in [-0.2, 0) is 0 Å². The molecule has 3 aromatic rings. The minimum atomic E-state index is -0.151. The van der Waals surface area contributed by atoms with Gasteiger partial charge in [0.05, 0.1) is 5.02 Å². The van der Waals surface area contributed by atoms with E-state index in [0.29, 0.717) is 16.3 Å². The highest BCUT2D eigenvalue weighted by Gasteiger charge is 2.08. The second-order valence-electron chi connectivity index (χ2n) is 4.36. The van der Waals surface area contributed by atoms with Crippen LogP contribution in [0.4, 0.5) is 5.69 Å². The van der Waals surface area contributed by atoms with Crippen molar-refractivity contribution < 1.29 is 4.79 Å². The van der Waals surface area contributed by atoms with Crippen molar-refractivity contribution in [3.8, 4) is 0 Å². The average molecular weight is 350 g/mol. The predicted molar refractivity (Wildman–Crippen MR) is 85.4 cm³/mol. The summed E-state index contributed by atoms with van der Waals surface area (Å²) in [5.41, 5.74) is 2.32. The Morgan fingerprint density at radius 3 is 2.80 bits per heavy atom. The van der Waals surface area contributed by atoms with E-state index in [1.807, 2.05) is 24.4 Å². The molecule has 0 saturated heterocycles. The van der Waals surface area contributed by atoms with Crippen molar-refractivity contribution in [2.24, 2.45) is 0 Å². The summed E-state index contributed by atoms with van der Waals surface area (Å²) in [6.07, 6.45) is 1.85. The quantitative estimate of drug-likeness (QED) is 0.683. The van der Waals surface area contributed by atoms with Gasteiger partial charge in [-0.15, -0.1) is 0 Å². The van der Waals surface area contributed by atoms with E-state index in [9.17, 15) is 4.79 Å². The fraction of sp³-hybridized carbons (Fsp3) is 0. The number of anilines is 1. The van der Waals surface area contributed by atoms with E-state index in [4.69, 9.17) is 11.6 Å². The molecule has 1 amide bonds. The number of halogens is 2. The molecule has 100 valence electrons. The van der Waals surface area contributed by atoms with Gasteiger partial charge in [0.25, 0.3) is 5.91 Å². The normalized spacial score (nSPS) is 10.7. The van der Waals surface area contributed by atoms with Crippen molar-refractivity contribution in [1.82, 2.24) is 4.98 Å². The maximum Gasteiger partial charge on any atom is 0.255 e. The van der Waals surface area contributed by atoms with Gasteiger partial charge in [0.1, 0.15) is 0 Å². The Morgan fingerprint density at radius 1 is 1.15 bits per heavy atom. The summed E-state index contributed by atoms with van der Waals surface area (Å²) >= 11 is 9.26. The molecule has 0 saturated carbocycles. The molecule has 0 radical (unpaired) electrons. The molecule has 0 atom stereocenters. The summed E-state index contributed by atoms with van der Waals surface area (Å²) in [4.78, 5) is 15.3. The van der Waals surface area contributed by atoms with Crippen LogP contribution in [0, 0.1) is 0 Å². The molecule has 3 nitrogen and oxygen atoms in total. The Kier molecular flexibility index (Phi) is 3.51. The van der Waals surface area contributed by atoms with Crippen LogP contribution >= 0.6 is 27.5 Å². The zero-order chi connectivity index (χ0) is 14.1. The lowest BCUT2D eigenvalue weighted by atomic mass is 10.1. The number of fused-ring (bicyclic) bond motifs is 1. The first-order valence-electron chi connectivity index (χ1n) is 5.97. The number of carbonyl (C=O) groups excluding carboxylic acids is 1. The standard InChI is InChI=1S/C15H10BrClN2O/c16-12-8-11(2-3-13(12)17)19-15(20)10-1-4-14-9(7-10)5-6-18-14/h1-8,18H,(H,19,20). The van der Waals surface area contributed by atoms with Gasteiger partial charge >= 0.3 is 0 Å². The molecule has 0 fully saturated rings. The van der Waals surface area contributed by atoms with Gasteiger partial charge in [-0.05, 0) is 58.4 Å². The molecule has 20 heavy (non-hydrogen) atoms. The van der Waals surface area contributed by atoms with Gasteiger partial charge in [0, 0.05) is 32.8 Å². The first kappa shape index (κ1) is 13.2. The molecular weight excluding hydrogens is 340 g/mol. The van der Waals surface area contributed by atoms with Crippen LogP contribution in [0.3, 0.4) is 0 Å². The number of rotatable bonds is 2. The van der Waals surface area contributed by atoms with Crippen molar-refractivity contribution in [3.63, 3.8) is 0 Å². The molecule has 2 aromatic carbocycles. The van der Waals surface area contributed by atoms with Gasteiger partial charge in [0.15, 0.2) is 0 Å². The second-order valence-corrected chi connectivity index (χ2v) is 5.62. The van der Waals surface area contributed by atoms with Gasteiger partial charge < -0.3 is 10.3 Å². The van der Waals surface area contributed by atoms with Crippen molar-refractivity contribution >= 4 is 50.0 Å². The second kappa shape index (κ2) is 5.31. The summed E-state index contributed by atoms with van der Waals surface area (Å²) < 4.78 is 0.748. The van der Waals surface area contributed by atoms with Gasteiger partial charge in [-0.1, -0.05) is 11.6 Å². The first-order valence-corrected chi connectivity index (χ1v) is 7.14. The number of hydrogen-bond donors (Lipinski definition) is 2. The van der Waals surface area contributed by atoms with Crippen LogP contribution in [0.25, 0.3) is 10.9 Å². The number of amides is 1. The summed E-state index contributed by atoms with van der Waals surface area (Å²) in [5, 5.41) is 4.46. The fourth-order valence-corrected chi connectivity index (χ4v) is 2.47. The SMILES string of the molecule is O=C(Nc1ccc(Cl)c(Br)c1)c1ccc2[nH]ccc2c1. The van der Waals surface area contributed by atoms with E-state index >= 15 is 0 Å². The summed E-state index contributed by atoms with van der Waals surface area (Å²) in [5.74, 6) is -0.151. The Morgan fingerprint density at radius 2 is 2.00 bits per heavy atom. The number of H-pyrrole nitrogens is 1. The van der Waals surface area contributed by atoms with Crippen molar-refractivity contribution in [2.45, 2.75) is 0 Å². The Labute approximate surface area is 129 Å². The van der Waals surface area contributed by atoms with Crippen LogP contribution < -0.4 is 5.32 Å². The number of nitrogens with one attached hydrogen (secondary N) is 2. The molecule has 1 heterocycles. The number of aromatic amines is 1. The highest BCUT2D eigenvalue weighted by atomic mass is 79.9. The van der Waals surface area contributed by atoms with Crippen molar-refractivity contribution in [1.29, 1.82) is 0 Å². The summed E-state index contributed by atoms with van der Waals surface area (Å²) in [6, 6.07) is 12.7. The van der Waals surface area contributed by atoms with E-state index in [2.05, 4.69) is 26.2 Å². The molecule has 0 aliphatic carbocycles. The molecule has 2 N–H and O–H groups in total. The Bertz CT molecular complexity index is 797. The lowest BCUT2D eigenvalue weighted by Gasteiger charge is -2.06. The van der Waals surface area contributed by atoms with Crippen LogP contribution in [0.5, 0.6) is 0 Å². The first-order chi connectivity index (χ1) is 9.63. The number of aromatic nitrogens is 1. The molecule has 0 aliphatic rings. The zero-order valence-corrected chi connectivity index (χ0v) is 12.6. The maximum atomic E-state index is 12.2.